The third-order valence-electron chi connectivity index (χ3n) is 7.40. The fourth-order valence-electron chi connectivity index (χ4n) is 5.35. The van der Waals surface area contributed by atoms with Crippen molar-refractivity contribution in [2.75, 3.05) is 51.7 Å². The molecule has 1 amide bonds. The molecule has 0 bridgehead atoms. The van der Waals surface area contributed by atoms with Crippen molar-refractivity contribution in [3.63, 3.8) is 0 Å². The molecule has 1 aromatic rings. The van der Waals surface area contributed by atoms with Crippen LogP contribution in [0.4, 0.5) is 5.95 Å². The third-order valence-corrected chi connectivity index (χ3v) is 7.40. The summed E-state index contributed by atoms with van der Waals surface area (Å²) in [5, 5.41) is 11.8. The molecule has 8 heteroatoms. The highest BCUT2D eigenvalue weighted by Gasteiger charge is 2.26. The Morgan fingerprint density at radius 2 is 1.74 bits per heavy atom. The maximum absolute atomic E-state index is 12.6. The SMILES string of the molecule is CN(C)[C@H]1CC[C@H](NC(=O)CN2CCN(c3nncc(C4CCCCC4)n3)CC2)CC1. The molecular formula is C23H39N7O. The Morgan fingerprint density at radius 3 is 2.42 bits per heavy atom. The molecule has 4 rings (SSSR count). The number of aromatic nitrogens is 3. The molecule has 31 heavy (non-hydrogen) atoms. The van der Waals surface area contributed by atoms with Crippen molar-refractivity contribution >= 4 is 11.9 Å². The van der Waals surface area contributed by atoms with Crippen molar-refractivity contribution in [2.45, 2.75) is 75.8 Å². The van der Waals surface area contributed by atoms with Crippen LogP contribution < -0.4 is 10.2 Å². The number of piperazine rings is 1. The van der Waals surface area contributed by atoms with Crippen LogP contribution in [-0.4, -0.2) is 89.8 Å². The second-order valence-electron chi connectivity index (χ2n) is 9.82. The number of carbonyl (C=O) groups excluding carboxylic acids is 1. The van der Waals surface area contributed by atoms with Gasteiger partial charge in [0, 0.05) is 44.2 Å². The highest BCUT2D eigenvalue weighted by Crippen LogP contribution is 2.31. The molecule has 2 heterocycles. The van der Waals surface area contributed by atoms with Gasteiger partial charge in [0.15, 0.2) is 0 Å². The van der Waals surface area contributed by atoms with E-state index in [-0.39, 0.29) is 5.91 Å². The molecule has 1 saturated heterocycles. The van der Waals surface area contributed by atoms with E-state index in [1.807, 2.05) is 6.20 Å². The number of hydrogen-bond donors (Lipinski definition) is 1. The molecule has 8 nitrogen and oxygen atoms in total. The summed E-state index contributed by atoms with van der Waals surface area (Å²) in [4.78, 5) is 24.2. The van der Waals surface area contributed by atoms with Gasteiger partial charge in [0.1, 0.15) is 0 Å². The smallest absolute Gasteiger partial charge is 0.245 e. The maximum Gasteiger partial charge on any atom is 0.245 e. The van der Waals surface area contributed by atoms with Gasteiger partial charge in [-0.3, -0.25) is 9.69 Å². The monoisotopic (exact) mass is 429 g/mol. The van der Waals surface area contributed by atoms with Crippen LogP contribution in [-0.2, 0) is 4.79 Å². The van der Waals surface area contributed by atoms with Crippen molar-refractivity contribution in [1.29, 1.82) is 0 Å². The number of rotatable bonds is 6. The second kappa shape index (κ2) is 10.7. The topological polar surface area (TPSA) is 77.5 Å². The molecule has 1 N–H and O–H groups in total. The first-order valence-electron chi connectivity index (χ1n) is 12.2. The first-order valence-corrected chi connectivity index (χ1v) is 12.2. The minimum atomic E-state index is 0.166. The Labute approximate surface area is 186 Å². The number of carbonyl (C=O) groups is 1. The molecule has 172 valence electrons. The Hall–Kier alpha value is -1.80. The predicted octanol–water partition coefficient (Wildman–Crippen LogP) is 2.03. The van der Waals surface area contributed by atoms with Gasteiger partial charge in [-0.05, 0) is 52.6 Å². The lowest BCUT2D eigenvalue weighted by Crippen LogP contribution is -2.51. The van der Waals surface area contributed by atoms with Gasteiger partial charge in [0.25, 0.3) is 0 Å². The van der Waals surface area contributed by atoms with Crippen molar-refractivity contribution in [1.82, 2.24) is 30.3 Å². The Balaban J connectivity index is 1.21. The van der Waals surface area contributed by atoms with Gasteiger partial charge in [-0.15, -0.1) is 5.10 Å². The van der Waals surface area contributed by atoms with E-state index < -0.39 is 0 Å². The minimum Gasteiger partial charge on any atom is -0.352 e. The van der Waals surface area contributed by atoms with Gasteiger partial charge < -0.3 is 15.1 Å². The van der Waals surface area contributed by atoms with E-state index in [0.29, 0.717) is 24.5 Å². The van der Waals surface area contributed by atoms with Gasteiger partial charge in [-0.1, -0.05) is 19.3 Å². The van der Waals surface area contributed by atoms with Crippen LogP contribution in [0.15, 0.2) is 6.20 Å². The molecule has 0 spiro atoms. The van der Waals surface area contributed by atoms with Crippen molar-refractivity contribution in [2.24, 2.45) is 0 Å². The molecule has 1 aromatic heterocycles. The summed E-state index contributed by atoms with van der Waals surface area (Å²) >= 11 is 0. The van der Waals surface area contributed by atoms with E-state index in [0.717, 1.165) is 50.7 Å². The van der Waals surface area contributed by atoms with E-state index in [2.05, 4.69) is 44.3 Å². The second-order valence-corrected chi connectivity index (χ2v) is 9.82. The van der Waals surface area contributed by atoms with E-state index in [1.165, 1.54) is 44.9 Å². The van der Waals surface area contributed by atoms with Gasteiger partial charge >= 0.3 is 0 Å². The molecule has 3 aliphatic rings. The summed E-state index contributed by atoms with van der Waals surface area (Å²) < 4.78 is 0. The van der Waals surface area contributed by atoms with Gasteiger partial charge in [0.05, 0.1) is 18.4 Å². The fourth-order valence-corrected chi connectivity index (χ4v) is 5.35. The summed E-state index contributed by atoms with van der Waals surface area (Å²) in [5.74, 6) is 1.46. The zero-order chi connectivity index (χ0) is 21.6. The quantitative estimate of drug-likeness (QED) is 0.741. The van der Waals surface area contributed by atoms with Gasteiger partial charge in [-0.25, -0.2) is 4.98 Å². The maximum atomic E-state index is 12.6. The highest BCUT2D eigenvalue weighted by molar-refractivity contribution is 5.78. The van der Waals surface area contributed by atoms with Crippen molar-refractivity contribution in [3.8, 4) is 0 Å². The zero-order valence-electron chi connectivity index (χ0n) is 19.3. The average Bonchev–Trinajstić information content (AvgIpc) is 2.80. The third kappa shape index (κ3) is 6.13. The molecule has 1 aliphatic heterocycles. The van der Waals surface area contributed by atoms with E-state index >= 15 is 0 Å². The molecule has 2 saturated carbocycles. The molecule has 2 aliphatic carbocycles. The number of nitrogens with zero attached hydrogens (tertiary/aromatic N) is 6. The lowest BCUT2D eigenvalue weighted by Gasteiger charge is -2.35. The number of anilines is 1. The van der Waals surface area contributed by atoms with Gasteiger partial charge in [-0.2, -0.15) is 5.10 Å². The lowest BCUT2D eigenvalue weighted by atomic mass is 9.87. The molecule has 0 aromatic carbocycles. The number of nitrogens with one attached hydrogen (secondary N) is 1. The molecular weight excluding hydrogens is 390 g/mol. The van der Waals surface area contributed by atoms with E-state index in [1.54, 1.807) is 0 Å². The number of amides is 1. The first-order chi connectivity index (χ1) is 15.1. The largest absolute Gasteiger partial charge is 0.352 e. The Morgan fingerprint density at radius 1 is 1.03 bits per heavy atom. The normalized spacial score (nSPS) is 26.2. The summed E-state index contributed by atoms with van der Waals surface area (Å²) in [5.41, 5.74) is 1.11. The first kappa shape index (κ1) is 22.4. The molecule has 0 radical (unpaired) electrons. The summed E-state index contributed by atoms with van der Waals surface area (Å²) in [6.45, 7) is 3.90. The van der Waals surface area contributed by atoms with E-state index in [9.17, 15) is 4.79 Å². The van der Waals surface area contributed by atoms with Crippen LogP contribution in [0.5, 0.6) is 0 Å². The standard InChI is InChI=1S/C23H39N7O/c1-28(2)20-10-8-19(9-11-20)25-22(31)17-29-12-14-30(15-13-29)23-26-21(16-24-27-23)18-6-4-3-5-7-18/h16,18-20H,3-15,17H2,1-2H3,(H,25,31)/t19-,20-. The van der Waals surface area contributed by atoms with Crippen LogP contribution >= 0.6 is 0 Å². The highest BCUT2D eigenvalue weighted by atomic mass is 16.2. The summed E-state index contributed by atoms with van der Waals surface area (Å²) in [6, 6.07) is 1.00. The average molecular weight is 430 g/mol. The van der Waals surface area contributed by atoms with Crippen LogP contribution in [0.3, 0.4) is 0 Å². The van der Waals surface area contributed by atoms with Crippen molar-refractivity contribution in [3.05, 3.63) is 11.9 Å². The molecule has 3 fully saturated rings. The molecule has 0 unspecified atom stereocenters. The van der Waals surface area contributed by atoms with Crippen LogP contribution in [0.25, 0.3) is 0 Å². The molecule has 0 atom stereocenters. The van der Waals surface area contributed by atoms with Crippen LogP contribution in [0.1, 0.15) is 69.4 Å². The Bertz CT molecular complexity index is 706. The lowest BCUT2D eigenvalue weighted by molar-refractivity contribution is -0.123. The van der Waals surface area contributed by atoms with Crippen LogP contribution in [0.2, 0.25) is 0 Å². The number of hydrogen-bond acceptors (Lipinski definition) is 7. The predicted molar refractivity (Wildman–Crippen MR) is 122 cm³/mol. The summed E-state index contributed by atoms with van der Waals surface area (Å²) in [6.07, 6.45) is 12.7. The zero-order valence-corrected chi connectivity index (χ0v) is 19.3. The van der Waals surface area contributed by atoms with Gasteiger partial charge in [0.2, 0.25) is 11.9 Å². The minimum absolute atomic E-state index is 0.166. The van der Waals surface area contributed by atoms with Crippen LogP contribution in [0, 0.1) is 0 Å². The van der Waals surface area contributed by atoms with Crippen molar-refractivity contribution < 1.29 is 4.79 Å². The fraction of sp³-hybridized carbons (Fsp3) is 0.826. The van der Waals surface area contributed by atoms with E-state index in [4.69, 9.17) is 4.98 Å². The summed E-state index contributed by atoms with van der Waals surface area (Å²) in [7, 11) is 4.30. The Kier molecular flexibility index (Phi) is 7.72.